The summed E-state index contributed by atoms with van der Waals surface area (Å²) in [6.45, 7) is 7.33. The van der Waals surface area contributed by atoms with E-state index in [0.29, 0.717) is 6.04 Å². The quantitative estimate of drug-likeness (QED) is 0.936. The van der Waals surface area contributed by atoms with Gasteiger partial charge in [0.15, 0.2) is 0 Å². The number of aromatic nitrogens is 2. The van der Waals surface area contributed by atoms with Crippen molar-refractivity contribution in [3.8, 4) is 0 Å². The third-order valence-electron chi connectivity index (χ3n) is 4.20. The molecule has 0 radical (unpaired) electrons. The fourth-order valence-electron chi connectivity index (χ4n) is 2.81. The Morgan fingerprint density at radius 3 is 2.81 bits per heavy atom. The first-order valence-electron chi connectivity index (χ1n) is 7.53. The van der Waals surface area contributed by atoms with Gasteiger partial charge >= 0.3 is 0 Å². The Hall–Kier alpha value is -1.94. The zero-order valence-electron chi connectivity index (χ0n) is 12.7. The predicted molar refractivity (Wildman–Crippen MR) is 85.3 cm³/mol. The van der Waals surface area contributed by atoms with Crippen molar-refractivity contribution in [1.82, 2.24) is 14.9 Å². The van der Waals surface area contributed by atoms with Crippen LogP contribution < -0.4 is 5.32 Å². The Morgan fingerprint density at radius 1 is 1.19 bits per heavy atom. The number of nitrogens with one attached hydrogen (secondary N) is 1. The minimum absolute atomic E-state index is 0.474. The van der Waals surface area contributed by atoms with E-state index >= 15 is 0 Å². The Morgan fingerprint density at radius 2 is 2.00 bits per heavy atom. The van der Waals surface area contributed by atoms with Crippen LogP contribution >= 0.6 is 0 Å². The second-order valence-electron chi connectivity index (χ2n) is 5.78. The number of nitrogens with zero attached hydrogens (tertiary/aromatic N) is 3. The fraction of sp³-hybridized carbons (Fsp3) is 0.412. The predicted octanol–water partition coefficient (Wildman–Crippen LogP) is 2.78. The van der Waals surface area contributed by atoms with Gasteiger partial charge in [-0.05, 0) is 25.8 Å². The molecule has 4 nitrogen and oxygen atoms in total. The van der Waals surface area contributed by atoms with E-state index in [0.717, 1.165) is 43.1 Å². The van der Waals surface area contributed by atoms with Crippen LogP contribution in [0.25, 0.3) is 0 Å². The lowest BCUT2D eigenvalue weighted by molar-refractivity contribution is 0.328. The summed E-state index contributed by atoms with van der Waals surface area (Å²) in [6, 6.07) is 11.1. The van der Waals surface area contributed by atoms with Crippen molar-refractivity contribution >= 4 is 5.82 Å². The molecular weight excluding hydrogens is 260 g/mol. The first-order chi connectivity index (χ1) is 10.2. The van der Waals surface area contributed by atoms with Crippen LogP contribution in [0.4, 0.5) is 5.82 Å². The number of rotatable bonds is 4. The highest BCUT2D eigenvalue weighted by molar-refractivity contribution is 5.45. The van der Waals surface area contributed by atoms with Crippen molar-refractivity contribution < 1.29 is 0 Å². The van der Waals surface area contributed by atoms with E-state index in [2.05, 4.69) is 57.4 Å². The van der Waals surface area contributed by atoms with Crippen molar-refractivity contribution in [2.24, 2.45) is 0 Å². The van der Waals surface area contributed by atoms with E-state index in [1.165, 1.54) is 5.56 Å². The second kappa shape index (κ2) is 6.22. The first kappa shape index (κ1) is 14.0. The van der Waals surface area contributed by atoms with Crippen LogP contribution in [-0.4, -0.2) is 34.0 Å². The van der Waals surface area contributed by atoms with Crippen LogP contribution in [0.3, 0.4) is 0 Å². The molecule has 0 unspecified atom stereocenters. The first-order valence-corrected chi connectivity index (χ1v) is 7.53. The molecule has 0 saturated carbocycles. The maximum absolute atomic E-state index is 4.37. The number of hydrogen-bond acceptors (Lipinski definition) is 4. The van der Waals surface area contributed by atoms with Gasteiger partial charge in [-0.1, -0.05) is 30.3 Å². The summed E-state index contributed by atoms with van der Waals surface area (Å²) in [6.07, 6.45) is 2.80. The van der Waals surface area contributed by atoms with Gasteiger partial charge in [0.05, 0.1) is 0 Å². The second-order valence-corrected chi connectivity index (χ2v) is 5.78. The Balaban J connectivity index is 1.59. The average Bonchev–Trinajstić information content (AvgIpc) is 2.92. The smallest absolute Gasteiger partial charge is 0.132 e. The molecule has 1 fully saturated rings. The zero-order chi connectivity index (χ0) is 14.7. The Kier molecular flexibility index (Phi) is 4.15. The summed E-state index contributed by atoms with van der Waals surface area (Å²) in [5, 5.41) is 3.57. The summed E-state index contributed by atoms with van der Waals surface area (Å²) in [7, 11) is 0. The van der Waals surface area contributed by atoms with Gasteiger partial charge in [0.1, 0.15) is 12.1 Å². The molecule has 1 atom stereocenters. The molecule has 0 spiro atoms. The van der Waals surface area contributed by atoms with E-state index in [9.17, 15) is 0 Å². The fourth-order valence-corrected chi connectivity index (χ4v) is 2.81. The van der Waals surface area contributed by atoms with E-state index in [1.807, 2.05) is 6.92 Å². The highest BCUT2D eigenvalue weighted by Gasteiger charge is 2.23. The molecule has 0 aliphatic carbocycles. The van der Waals surface area contributed by atoms with Gasteiger partial charge in [0, 0.05) is 36.9 Å². The van der Waals surface area contributed by atoms with Crippen molar-refractivity contribution in [2.75, 3.05) is 18.4 Å². The lowest BCUT2D eigenvalue weighted by atomic mass is 10.2. The van der Waals surface area contributed by atoms with Crippen LogP contribution in [0.15, 0.2) is 36.7 Å². The average molecular weight is 282 g/mol. The summed E-state index contributed by atoms with van der Waals surface area (Å²) in [4.78, 5) is 11.1. The minimum atomic E-state index is 0.474. The third kappa shape index (κ3) is 3.39. The number of aryl methyl sites for hydroxylation is 1. The molecule has 1 saturated heterocycles. The standard InChI is InChI=1S/C17H22N4/c1-13-14(2)18-12-19-17(13)20-16-8-9-21(11-16)10-15-6-4-3-5-7-15/h3-7,12,16H,8-11H2,1-2H3,(H,18,19,20)/t16-/m0/s1. The van der Waals surface area contributed by atoms with E-state index < -0.39 is 0 Å². The Labute approximate surface area is 126 Å². The minimum Gasteiger partial charge on any atom is -0.366 e. The molecule has 1 N–H and O–H groups in total. The molecule has 1 aromatic carbocycles. The summed E-state index contributed by atoms with van der Waals surface area (Å²) >= 11 is 0. The normalized spacial score (nSPS) is 18.9. The van der Waals surface area contributed by atoms with Gasteiger partial charge in [-0.15, -0.1) is 0 Å². The molecule has 21 heavy (non-hydrogen) atoms. The lowest BCUT2D eigenvalue weighted by Crippen LogP contribution is -2.26. The van der Waals surface area contributed by atoms with Crippen LogP contribution in [0, 0.1) is 13.8 Å². The third-order valence-corrected chi connectivity index (χ3v) is 4.20. The van der Waals surface area contributed by atoms with E-state index in [-0.39, 0.29) is 0 Å². The van der Waals surface area contributed by atoms with Crippen molar-refractivity contribution in [1.29, 1.82) is 0 Å². The van der Waals surface area contributed by atoms with Crippen LogP contribution in [-0.2, 0) is 6.54 Å². The summed E-state index contributed by atoms with van der Waals surface area (Å²) in [5.74, 6) is 0.981. The van der Waals surface area contributed by atoms with Crippen molar-refractivity contribution in [2.45, 2.75) is 32.9 Å². The summed E-state index contributed by atoms with van der Waals surface area (Å²) < 4.78 is 0. The van der Waals surface area contributed by atoms with Gasteiger partial charge < -0.3 is 5.32 Å². The topological polar surface area (TPSA) is 41.1 Å². The number of benzene rings is 1. The lowest BCUT2D eigenvalue weighted by Gasteiger charge is -2.18. The van der Waals surface area contributed by atoms with Crippen LogP contribution in [0.1, 0.15) is 23.2 Å². The van der Waals surface area contributed by atoms with Gasteiger partial charge in [-0.2, -0.15) is 0 Å². The van der Waals surface area contributed by atoms with Crippen molar-refractivity contribution in [3.63, 3.8) is 0 Å². The van der Waals surface area contributed by atoms with Gasteiger partial charge in [0.25, 0.3) is 0 Å². The number of likely N-dealkylation sites (tertiary alicyclic amines) is 1. The molecule has 4 heteroatoms. The van der Waals surface area contributed by atoms with Crippen LogP contribution in [0.5, 0.6) is 0 Å². The monoisotopic (exact) mass is 282 g/mol. The largest absolute Gasteiger partial charge is 0.366 e. The maximum Gasteiger partial charge on any atom is 0.132 e. The van der Waals surface area contributed by atoms with Gasteiger partial charge in [-0.3, -0.25) is 4.90 Å². The molecular formula is C17H22N4. The molecule has 1 aromatic heterocycles. The highest BCUT2D eigenvalue weighted by atomic mass is 15.2. The molecule has 2 aromatic rings. The molecule has 0 bridgehead atoms. The van der Waals surface area contributed by atoms with Crippen LogP contribution in [0.2, 0.25) is 0 Å². The molecule has 1 aliphatic rings. The maximum atomic E-state index is 4.37. The highest BCUT2D eigenvalue weighted by Crippen LogP contribution is 2.19. The van der Waals surface area contributed by atoms with Gasteiger partial charge in [0.2, 0.25) is 0 Å². The van der Waals surface area contributed by atoms with Crippen molar-refractivity contribution in [3.05, 3.63) is 53.5 Å². The SMILES string of the molecule is Cc1ncnc(N[C@H]2CCN(Cc3ccccc3)C2)c1C. The molecule has 3 rings (SSSR count). The number of hydrogen-bond donors (Lipinski definition) is 1. The Bertz CT molecular complexity index is 597. The zero-order valence-corrected chi connectivity index (χ0v) is 12.7. The molecule has 2 heterocycles. The number of anilines is 1. The summed E-state index contributed by atoms with van der Waals surface area (Å²) in [5.41, 5.74) is 3.58. The molecule has 0 amide bonds. The molecule has 110 valence electrons. The molecule has 1 aliphatic heterocycles. The van der Waals surface area contributed by atoms with E-state index in [4.69, 9.17) is 0 Å². The van der Waals surface area contributed by atoms with E-state index in [1.54, 1.807) is 6.33 Å². The van der Waals surface area contributed by atoms with Gasteiger partial charge in [-0.25, -0.2) is 9.97 Å².